The highest BCUT2D eigenvalue weighted by molar-refractivity contribution is 6.42. The van der Waals surface area contributed by atoms with Gasteiger partial charge in [-0.1, -0.05) is 84.9 Å². The van der Waals surface area contributed by atoms with Crippen LogP contribution in [0.5, 0.6) is 0 Å². The van der Waals surface area contributed by atoms with Crippen molar-refractivity contribution in [1.82, 2.24) is 15.1 Å². The van der Waals surface area contributed by atoms with Gasteiger partial charge in [0.15, 0.2) is 6.73 Å². The van der Waals surface area contributed by atoms with Crippen LogP contribution in [0.1, 0.15) is 105 Å². The van der Waals surface area contributed by atoms with E-state index in [1.807, 2.05) is 39.8 Å². The van der Waals surface area contributed by atoms with Gasteiger partial charge in [0.2, 0.25) is 11.7 Å². The summed E-state index contributed by atoms with van der Waals surface area (Å²) in [6.45, 7) is 13.5. The summed E-state index contributed by atoms with van der Waals surface area (Å²) in [5.74, 6) is -3.28. The van der Waals surface area contributed by atoms with E-state index in [1.54, 1.807) is 30.3 Å². The first-order chi connectivity index (χ1) is 20.8. The molecule has 0 saturated carbocycles. The molecule has 1 atom stereocenters. The lowest BCUT2D eigenvalue weighted by molar-refractivity contribution is -0.164. The topological polar surface area (TPSA) is 130 Å². The third kappa shape index (κ3) is 7.78. The van der Waals surface area contributed by atoms with Crippen LogP contribution >= 0.6 is 0 Å². The van der Waals surface area contributed by atoms with Crippen LogP contribution in [0.15, 0.2) is 42.5 Å². The fourth-order valence-electron chi connectivity index (χ4n) is 5.12. The van der Waals surface area contributed by atoms with Crippen molar-refractivity contribution in [3.63, 3.8) is 0 Å². The number of Topliss-reactive ketones (excluding diaryl/α,β-unsaturated/α-hetero) is 1. The van der Waals surface area contributed by atoms with E-state index in [-0.39, 0.29) is 55.2 Å². The van der Waals surface area contributed by atoms with Crippen LogP contribution in [0, 0.1) is 5.92 Å². The first-order valence-electron chi connectivity index (χ1n) is 15.1. The van der Waals surface area contributed by atoms with E-state index >= 15 is 0 Å². The van der Waals surface area contributed by atoms with Gasteiger partial charge in [-0.15, -0.1) is 0 Å². The second kappa shape index (κ2) is 14.4. The molecule has 0 bridgehead atoms. The summed E-state index contributed by atoms with van der Waals surface area (Å²) in [6.07, 6.45) is 0.344. The number of ketones is 1. The van der Waals surface area contributed by atoms with Crippen LogP contribution in [-0.2, 0) is 42.4 Å². The average molecular weight is 606 g/mol. The zero-order valence-electron chi connectivity index (χ0n) is 26.7. The number of amides is 4. The molecule has 2 aliphatic rings. The summed E-state index contributed by atoms with van der Waals surface area (Å²) in [5.41, 5.74) is 2.93. The van der Waals surface area contributed by atoms with E-state index in [2.05, 4.69) is 26.1 Å². The van der Waals surface area contributed by atoms with Gasteiger partial charge in [0.25, 0.3) is 17.7 Å². The summed E-state index contributed by atoms with van der Waals surface area (Å²) in [5, 5.41) is 2.66. The number of imide groups is 1. The molecule has 2 heterocycles. The SMILES string of the molecule is CC.CC(C)CC(=O)OCN1C(=O)CCC(N2Cc3c(CNC(=O)C(=O)c4ccc(C(C)(C)C)cc4)cccc3C2=O)C1=O. The number of nitrogens with zero attached hydrogens (tertiary/aromatic N) is 2. The van der Waals surface area contributed by atoms with E-state index in [1.165, 1.54) is 4.90 Å². The number of ether oxygens (including phenoxy) is 1. The molecule has 4 rings (SSSR count). The molecule has 2 aromatic rings. The largest absolute Gasteiger partial charge is 0.444 e. The predicted molar refractivity (Wildman–Crippen MR) is 164 cm³/mol. The maximum Gasteiger partial charge on any atom is 0.307 e. The number of nitrogens with one attached hydrogen (secondary N) is 1. The summed E-state index contributed by atoms with van der Waals surface area (Å²) in [7, 11) is 0. The molecule has 0 spiro atoms. The Bertz CT molecular complexity index is 1420. The molecule has 236 valence electrons. The summed E-state index contributed by atoms with van der Waals surface area (Å²) >= 11 is 0. The van der Waals surface area contributed by atoms with Gasteiger partial charge in [0.1, 0.15) is 6.04 Å². The number of esters is 1. The molecule has 1 N–H and O–H groups in total. The van der Waals surface area contributed by atoms with Crippen molar-refractivity contribution in [3.8, 4) is 0 Å². The number of rotatable bonds is 9. The number of likely N-dealkylation sites (tertiary alicyclic amines) is 1. The van der Waals surface area contributed by atoms with E-state index in [4.69, 9.17) is 4.74 Å². The highest BCUT2D eigenvalue weighted by atomic mass is 16.5. The van der Waals surface area contributed by atoms with Crippen molar-refractivity contribution < 1.29 is 33.5 Å². The molecular weight excluding hydrogens is 562 g/mol. The number of carbonyl (C=O) groups is 6. The van der Waals surface area contributed by atoms with Crippen LogP contribution in [0.2, 0.25) is 0 Å². The summed E-state index contributed by atoms with van der Waals surface area (Å²) in [6, 6.07) is 11.1. The molecule has 2 aromatic carbocycles. The Morgan fingerprint density at radius 3 is 2.27 bits per heavy atom. The fourth-order valence-corrected chi connectivity index (χ4v) is 5.12. The smallest absolute Gasteiger partial charge is 0.307 e. The Balaban J connectivity index is 0.00000259. The van der Waals surface area contributed by atoms with Crippen LogP contribution in [0.4, 0.5) is 0 Å². The quantitative estimate of drug-likeness (QED) is 0.192. The van der Waals surface area contributed by atoms with Gasteiger partial charge in [-0.05, 0) is 40.5 Å². The molecule has 2 aliphatic heterocycles. The molecule has 4 amide bonds. The van der Waals surface area contributed by atoms with Crippen molar-refractivity contribution in [3.05, 3.63) is 70.3 Å². The average Bonchev–Trinajstić information content (AvgIpc) is 3.32. The molecule has 10 nitrogen and oxygen atoms in total. The van der Waals surface area contributed by atoms with Crippen molar-refractivity contribution in [2.24, 2.45) is 5.92 Å². The molecule has 10 heteroatoms. The lowest BCUT2D eigenvalue weighted by Gasteiger charge is -2.35. The molecule has 0 aliphatic carbocycles. The lowest BCUT2D eigenvalue weighted by Crippen LogP contribution is -2.55. The van der Waals surface area contributed by atoms with E-state index in [0.717, 1.165) is 10.5 Å². The molecule has 1 unspecified atom stereocenters. The van der Waals surface area contributed by atoms with Crippen LogP contribution < -0.4 is 5.32 Å². The minimum Gasteiger partial charge on any atom is -0.444 e. The molecule has 1 saturated heterocycles. The minimum atomic E-state index is -0.897. The second-order valence-electron chi connectivity index (χ2n) is 12.2. The summed E-state index contributed by atoms with van der Waals surface area (Å²) < 4.78 is 5.15. The van der Waals surface area contributed by atoms with E-state index < -0.39 is 42.2 Å². The van der Waals surface area contributed by atoms with Crippen molar-refractivity contribution in [2.45, 2.75) is 92.3 Å². The first-order valence-corrected chi connectivity index (χ1v) is 15.1. The Kier molecular flexibility index (Phi) is 11.2. The monoisotopic (exact) mass is 605 g/mol. The molecule has 0 aromatic heterocycles. The Hall–Kier alpha value is -4.34. The Morgan fingerprint density at radius 1 is 1.00 bits per heavy atom. The molecular formula is C34H43N3O7. The predicted octanol–water partition coefficient (Wildman–Crippen LogP) is 4.53. The van der Waals surface area contributed by atoms with Gasteiger partial charge >= 0.3 is 5.97 Å². The molecule has 44 heavy (non-hydrogen) atoms. The first kappa shape index (κ1) is 34.2. The number of fused-ring (bicyclic) bond motifs is 1. The van der Waals surface area contributed by atoms with Gasteiger partial charge in [0.05, 0.1) is 0 Å². The van der Waals surface area contributed by atoms with Crippen molar-refractivity contribution in [1.29, 1.82) is 0 Å². The Morgan fingerprint density at radius 2 is 1.66 bits per heavy atom. The molecule has 1 fully saturated rings. The number of hydrogen-bond acceptors (Lipinski definition) is 7. The lowest BCUT2D eigenvalue weighted by atomic mass is 9.86. The van der Waals surface area contributed by atoms with E-state index in [9.17, 15) is 28.8 Å². The number of hydrogen-bond donors (Lipinski definition) is 1. The van der Waals surface area contributed by atoms with Gasteiger partial charge in [-0.25, -0.2) is 4.90 Å². The third-order valence-corrected chi connectivity index (χ3v) is 7.54. The normalized spacial score (nSPS) is 16.4. The second-order valence-corrected chi connectivity index (χ2v) is 12.2. The minimum absolute atomic E-state index is 0.0178. The maximum absolute atomic E-state index is 13.3. The zero-order chi connectivity index (χ0) is 32.8. The van der Waals surface area contributed by atoms with Crippen LogP contribution in [0.3, 0.4) is 0 Å². The third-order valence-electron chi connectivity index (χ3n) is 7.54. The van der Waals surface area contributed by atoms with Gasteiger partial charge in [-0.3, -0.25) is 28.8 Å². The van der Waals surface area contributed by atoms with E-state index in [0.29, 0.717) is 16.7 Å². The highest BCUT2D eigenvalue weighted by Gasteiger charge is 2.43. The number of carbonyl (C=O) groups excluding carboxylic acids is 6. The summed E-state index contributed by atoms with van der Waals surface area (Å²) in [4.78, 5) is 78.8. The highest BCUT2D eigenvalue weighted by Crippen LogP contribution is 2.31. The van der Waals surface area contributed by atoms with Gasteiger partial charge in [-0.2, -0.15) is 0 Å². The van der Waals surface area contributed by atoms with Crippen LogP contribution in [-0.4, -0.2) is 58.0 Å². The van der Waals surface area contributed by atoms with Crippen molar-refractivity contribution in [2.75, 3.05) is 6.73 Å². The van der Waals surface area contributed by atoms with Crippen LogP contribution in [0.25, 0.3) is 0 Å². The standard InChI is InChI=1S/C32H37N3O7.C2H6/c1-19(2)15-27(37)42-18-35-26(36)14-13-25(31(35)41)34-17-24-21(7-6-8-23(24)30(34)40)16-33-29(39)28(38)20-9-11-22(12-10-20)32(3,4)5;1-2/h6-12,19,25H,13-18H2,1-5H3,(H,33,39);1-2H3. The van der Waals surface area contributed by atoms with Crippen molar-refractivity contribution >= 4 is 35.4 Å². The zero-order valence-corrected chi connectivity index (χ0v) is 26.7. The van der Waals surface area contributed by atoms with Gasteiger partial charge in [0, 0.05) is 37.1 Å². The maximum atomic E-state index is 13.3. The number of piperidine rings is 1. The number of benzene rings is 2. The fraction of sp³-hybridized carbons (Fsp3) is 0.471. The molecule has 0 radical (unpaired) electrons. The van der Waals surface area contributed by atoms with Gasteiger partial charge < -0.3 is 15.0 Å². The Labute approximate surface area is 259 Å².